The number of rotatable bonds is 1. The van der Waals surface area contributed by atoms with E-state index in [2.05, 4.69) is 10.2 Å². The van der Waals surface area contributed by atoms with Crippen molar-refractivity contribution in [1.82, 2.24) is 10.2 Å². The van der Waals surface area contributed by atoms with Gasteiger partial charge in [-0.15, -0.1) is 5.10 Å². The van der Waals surface area contributed by atoms with E-state index < -0.39 is 0 Å². The van der Waals surface area contributed by atoms with Crippen molar-refractivity contribution in [3.05, 3.63) is 28.2 Å². The van der Waals surface area contributed by atoms with E-state index in [0.29, 0.717) is 15.6 Å². The van der Waals surface area contributed by atoms with Gasteiger partial charge < -0.3 is 10.2 Å². The maximum atomic E-state index is 5.92. The molecule has 2 N–H and O–H groups in total. The lowest BCUT2D eigenvalue weighted by Crippen LogP contribution is -1.81. The van der Waals surface area contributed by atoms with Crippen LogP contribution in [0.3, 0.4) is 0 Å². The lowest BCUT2D eigenvalue weighted by molar-refractivity contribution is 0.590. The summed E-state index contributed by atoms with van der Waals surface area (Å²) >= 11 is 11.7. The smallest absolute Gasteiger partial charge is 0.313 e. The van der Waals surface area contributed by atoms with Crippen molar-refractivity contribution in [1.29, 1.82) is 0 Å². The minimum atomic E-state index is 0.00557. The van der Waals surface area contributed by atoms with E-state index in [-0.39, 0.29) is 11.9 Å². The minimum Gasteiger partial charge on any atom is -0.404 e. The van der Waals surface area contributed by atoms with Crippen LogP contribution in [0.1, 0.15) is 0 Å². The first-order valence-corrected chi connectivity index (χ1v) is 4.47. The molecule has 2 rings (SSSR count). The maximum Gasteiger partial charge on any atom is 0.313 e. The van der Waals surface area contributed by atoms with Gasteiger partial charge in [0, 0.05) is 5.02 Å². The van der Waals surface area contributed by atoms with Crippen LogP contribution in [0, 0.1) is 0 Å². The van der Waals surface area contributed by atoms with E-state index in [1.54, 1.807) is 18.2 Å². The summed E-state index contributed by atoms with van der Waals surface area (Å²) < 4.78 is 5.02. The Morgan fingerprint density at radius 3 is 2.57 bits per heavy atom. The second-order valence-corrected chi connectivity index (χ2v) is 3.41. The molecular weight excluding hydrogens is 225 g/mol. The molecule has 1 aromatic carbocycles. The highest BCUT2D eigenvalue weighted by atomic mass is 35.5. The van der Waals surface area contributed by atoms with Crippen LogP contribution in [0.4, 0.5) is 6.01 Å². The van der Waals surface area contributed by atoms with Gasteiger partial charge in [-0.2, -0.15) is 0 Å². The molecule has 4 nitrogen and oxygen atoms in total. The second kappa shape index (κ2) is 3.48. The van der Waals surface area contributed by atoms with E-state index in [1.165, 1.54) is 0 Å². The van der Waals surface area contributed by atoms with Crippen molar-refractivity contribution >= 4 is 29.2 Å². The van der Waals surface area contributed by atoms with Gasteiger partial charge in [0.25, 0.3) is 5.89 Å². The number of halogens is 2. The second-order valence-electron chi connectivity index (χ2n) is 2.57. The molecule has 0 aliphatic carbocycles. The van der Waals surface area contributed by atoms with E-state index in [9.17, 15) is 0 Å². The van der Waals surface area contributed by atoms with E-state index in [1.807, 2.05) is 0 Å². The van der Waals surface area contributed by atoms with Crippen LogP contribution >= 0.6 is 23.2 Å². The summed E-state index contributed by atoms with van der Waals surface area (Å²) in [5, 5.41) is 8.23. The van der Waals surface area contributed by atoms with Gasteiger partial charge in [-0.25, -0.2) is 0 Å². The molecule has 0 aliphatic rings. The highest BCUT2D eigenvalue weighted by Gasteiger charge is 2.10. The van der Waals surface area contributed by atoms with Crippen molar-refractivity contribution in [2.45, 2.75) is 0 Å². The summed E-state index contributed by atoms with van der Waals surface area (Å²) in [6, 6.07) is 4.98. The number of nitrogens with zero attached hydrogens (tertiary/aromatic N) is 2. The van der Waals surface area contributed by atoms with Gasteiger partial charge >= 0.3 is 6.01 Å². The van der Waals surface area contributed by atoms with Crippen LogP contribution in [-0.2, 0) is 0 Å². The predicted octanol–water partition coefficient (Wildman–Crippen LogP) is 2.63. The Morgan fingerprint density at radius 1 is 1.21 bits per heavy atom. The average molecular weight is 230 g/mol. The average Bonchev–Trinajstić information content (AvgIpc) is 2.51. The summed E-state index contributed by atoms with van der Waals surface area (Å²) in [6.45, 7) is 0. The molecule has 1 heterocycles. The summed E-state index contributed by atoms with van der Waals surface area (Å²) in [5.74, 6) is 0.282. The van der Waals surface area contributed by atoms with E-state index in [4.69, 9.17) is 33.4 Å². The Balaban J connectivity index is 2.52. The van der Waals surface area contributed by atoms with Crippen LogP contribution in [0.2, 0.25) is 10.0 Å². The molecule has 2 aromatic rings. The molecule has 72 valence electrons. The van der Waals surface area contributed by atoms with Gasteiger partial charge in [-0.1, -0.05) is 28.3 Å². The fourth-order valence-electron chi connectivity index (χ4n) is 1.01. The first-order valence-electron chi connectivity index (χ1n) is 3.71. The molecule has 14 heavy (non-hydrogen) atoms. The number of hydrogen-bond donors (Lipinski definition) is 1. The third kappa shape index (κ3) is 1.66. The van der Waals surface area contributed by atoms with E-state index >= 15 is 0 Å². The van der Waals surface area contributed by atoms with Crippen molar-refractivity contribution in [2.24, 2.45) is 0 Å². The maximum absolute atomic E-state index is 5.92. The van der Waals surface area contributed by atoms with Gasteiger partial charge in [-0.3, -0.25) is 0 Å². The molecule has 0 spiro atoms. The van der Waals surface area contributed by atoms with Gasteiger partial charge in [-0.05, 0) is 18.2 Å². The fourth-order valence-corrected chi connectivity index (χ4v) is 1.50. The van der Waals surface area contributed by atoms with Crippen molar-refractivity contribution in [3.8, 4) is 11.5 Å². The largest absolute Gasteiger partial charge is 0.404 e. The normalized spacial score (nSPS) is 10.4. The number of aromatic nitrogens is 2. The number of hydrogen-bond acceptors (Lipinski definition) is 4. The van der Waals surface area contributed by atoms with Gasteiger partial charge in [0.15, 0.2) is 0 Å². The van der Waals surface area contributed by atoms with Crippen LogP contribution in [0.15, 0.2) is 22.6 Å². The van der Waals surface area contributed by atoms with Crippen LogP contribution < -0.4 is 5.73 Å². The molecule has 0 atom stereocenters. The first-order chi connectivity index (χ1) is 6.66. The highest BCUT2D eigenvalue weighted by molar-refractivity contribution is 6.36. The predicted molar refractivity (Wildman–Crippen MR) is 54.2 cm³/mol. The molecule has 0 bridgehead atoms. The van der Waals surface area contributed by atoms with Crippen molar-refractivity contribution in [3.63, 3.8) is 0 Å². The standard InChI is InChI=1S/C8H5Cl2N3O/c9-4-1-2-5(6(10)3-4)7-12-13-8(11)14-7/h1-3H,(H2,11,13). The molecule has 0 unspecified atom stereocenters. The summed E-state index contributed by atoms with van der Waals surface area (Å²) in [4.78, 5) is 0. The van der Waals surface area contributed by atoms with Crippen LogP contribution in [-0.4, -0.2) is 10.2 Å². The zero-order chi connectivity index (χ0) is 10.1. The van der Waals surface area contributed by atoms with Crippen LogP contribution in [0.25, 0.3) is 11.5 Å². The molecule has 0 aliphatic heterocycles. The number of nitrogens with two attached hydrogens (primary N) is 1. The molecule has 0 fully saturated rings. The van der Waals surface area contributed by atoms with Crippen molar-refractivity contribution < 1.29 is 4.42 Å². The monoisotopic (exact) mass is 229 g/mol. The minimum absolute atomic E-state index is 0.00557. The molecule has 0 radical (unpaired) electrons. The van der Waals surface area contributed by atoms with Crippen molar-refractivity contribution in [2.75, 3.05) is 5.73 Å². The SMILES string of the molecule is Nc1nnc(-c2ccc(Cl)cc2Cl)o1. The summed E-state index contributed by atoms with van der Waals surface area (Å²) in [7, 11) is 0. The Labute approximate surface area is 89.6 Å². The quantitative estimate of drug-likeness (QED) is 0.817. The summed E-state index contributed by atoms with van der Waals surface area (Å²) in [5.41, 5.74) is 5.90. The first kappa shape index (κ1) is 9.30. The van der Waals surface area contributed by atoms with Gasteiger partial charge in [0.05, 0.1) is 10.6 Å². The Kier molecular flexibility index (Phi) is 2.31. The van der Waals surface area contributed by atoms with Gasteiger partial charge in [0.1, 0.15) is 0 Å². The molecule has 0 saturated carbocycles. The third-order valence-electron chi connectivity index (χ3n) is 1.60. The van der Waals surface area contributed by atoms with Crippen LogP contribution in [0.5, 0.6) is 0 Å². The molecule has 6 heteroatoms. The topological polar surface area (TPSA) is 64.9 Å². The number of benzene rings is 1. The molecule has 1 aromatic heterocycles. The number of anilines is 1. The van der Waals surface area contributed by atoms with E-state index in [0.717, 1.165) is 0 Å². The molecule has 0 amide bonds. The Bertz CT molecular complexity index is 469. The molecule has 0 saturated heterocycles. The van der Waals surface area contributed by atoms with Gasteiger partial charge in [0.2, 0.25) is 0 Å². The Morgan fingerprint density at radius 2 is 2.00 bits per heavy atom. The summed E-state index contributed by atoms with van der Waals surface area (Å²) in [6.07, 6.45) is 0. The lowest BCUT2D eigenvalue weighted by Gasteiger charge is -1.98. The molecular formula is C8H5Cl2N3O. The zero-order valence-electron chi connectivity index (χ0n) is 6.87. The fraction of sp³-hybridized carbons (Fsp3) is 0. The zero-order valence-corrected chi connectivity index (χ0v) is 8.38. The lowest BCUT2D eigenvalue weighted by atomic mass is 10.2. The number of nitrogen functional groups attached to an aromatic ring is 1. The third-order valence-corrected chi connectivity index (χ3v) is 2.15. The Hall–Kier alpha value is -1.26. The highest BCUT2D eigenvalue weighted by Crippen LogP contribution is 2.29.